The highest BCUT2D eigenvalue weighted by atomic mass is 79.9. The van der Waals surface area contributed by atoms with Crippen molar-refractivity contribution in [3.8, 4) is 0 Å². The van der Waals surface area contributed by atoms with E-state index in [1.807, 2.05) is 13.0 Å². The van der Waals surface area contributed by atoms with Gasteiger partial charge in [0, 0.05) is 16.7 Å². The second-order valence-electron chi connectivity index (χ2n) is 3.79. The number of hydrogen-bond acceptors (Lipinski definition) is 3. The van der Waals surface area contributed by atoms with Crippen molar-refractivity contribution < 1.29 is 5.11 Å². The van der Waals surface area contributed by atoms with Gasteiger partial charge in [-0.2, -0.15) is 0 Å². The van der Waals surface area contributed by atoms with Crippen LogP contribution in [0.25, 0.3) is 0 Å². The molecule has 1 fully saturated rings. The number of hydrogen-bond donors (Lipinski definition) is 2. The van der Waals surface area contributed by atoms with Gasteiger partial charge in [0.15, 0.2) is 0 Å². The number of halogens is 1. The first-order valence-electron chi connectivity index (χ1n) is 4.72. The number of nitrogens with zero attached hydrogens (tertiary/aromatic N) is 1. The average molecular weight is 257 g/mol. The second kappa shape index (κ2) is 3.87. The molecule has 2 N–H and O–H groups in total. The van der Waals surface area contributed by atoms with Crippen molar-refractivity contribution in [1.29, 1.82) is 0 Å². The lowest BCUT2D eigenvalue weighted by atomic mass is 9.89. The summed E-state index contributed by atoms with van der Waals surface area (Å²) in [6.45, 7) is 2.02. The van der Waals surface area contributed by atoms with Gasteiger partial charge in [0.05, 0.1) is 6.10 Å². The Morgan fingerprint density at radius 3 is 2.86 bits per heavy atom. The van der Waals surface area contributed by atoms with Crippen molar-refractivity contribution in [3.63, 3.8) is 0 Å². The van der Waals surface area contributed by atoms with Crippen LogP contribution in [0.15, 0.2) is 16.7 Å². The number of nitrogens with one attached hydrogen (secondary N) is 1. The zero-order valence-electron chi connectivity index (χ0n) is 8.00. The third kappa shape index (κ3) is 2.07. The predicted octanol–water partition coefficient (Wildman–Crippen LogP) is 2.09. The highest BCUT2D eigenvalue weighted by Gasteiger charge is 2.27. The van der Waals surface area contributed by atoms with E-state index in [4.69, 9.17) is 5.11 Å². The normalized spacial score (nSPS) is 25.6. The molecule has 1 heterocycles. The predicted molar refractivity (Wildman–Crippen MR) is 59.3 cm³/mol. The molecule has 4 heteroatoms. The van der Waals surface area contributed by atoms with Crippen molar-refractivity contribution >= 4 is 21.7 Å². The van der Waals surface area contributed by atoms with Crippen LogP contribution in [0.5, 0.6) is 0 Å². The Kier molecular flexibility index (Phi) is 2.74. The van der Waals surface area contributed by atoms with Gasteiger partial charge in [-0.05, 0) is 47.3 Å². The van der Waals surface area contributed by atoms with Crippen LogP contribution >= 0.6 is 15.9 Å². The highest BCUT2D eigenvalue weighted by molar-refractivity contribution is 9.10. The van der Waals surface area contributed by atoms with E-state index in [0.717, 1.165) is 28.7 Å². The Morgan fingerprint density at radius 1 is 1.57 bits per heavy atom. The first-order valence-corrected chi connectivity index (χ1v) is 5.51. The Morgan fingerprint density at radius 2 is 2.29 bits per heavy atom. The van der Waals surface area contributed by atoms with Crippen LogP contribution in [0.4, 0.5) is 5.82 Å². The van der Waals surface area contributed by atoms with Crippen molar-refractivity contribution in [2.75, 3.05) is 5.32 Å². The second-order valence-corrected chi connectivity index (χ2v) is 4.70. The average Bonchev–Trinajstić information content (AvgIpc) is 2.06. The Bertz CT molecular complexity index is 337. The van der Waals surface area contributed by atoms with E-state index in [1.165, 1.54) is 0 Å². The molecular formula is C10H13BrN2O. The number of pyridine rings is 1. The molecule has 1 aromatic rings. The van der Waals surface area contributed by atoms with Crippen LogP contribution in [0.1, 0.15) is 18.4 Å². The molecule has 1 aliphatic carbocycles. The molecule has 1 aliphatic rings. The first-order chi connectivity index (χ1) is 6.65. The fourth-order valence-electron chi connectivity index (χ4n) is 1.59. The monoisotopic (exact) mass is 256 g/mol. The molecule has 3 nitrogen and oxygen atoms in total. The smallest absolute Gasteiger partial charge is 0.129 e. The highest BCUT2D eigenvalue weighted by Crippen LogP contribution is 2.25. The summed E-state index contributed by atoms with van der Waals surface area (Å²) in [4.78, 5) is 4.29. The van der Waals surface area contributed by atoms with Crippen LogP contribution in [0, 0.1) is 6.92 Å². The van der Waals surface area contributed by atoms with Gasteiger partial charge >= 0.3 is 0 Å². The van der Waals surface area contributed by atoms with Gasteiger partial charge in [-0.1, -0.05) is 0 Å². The molecular weight excluding hydrogens is 244 g/mol. The zero-order chi connectivity index (χ0) is 10.1. The van der Waals surface area contributed by atoms with Gasteiger partial charge < -0.3 is 10.4 Å². The van der Waals surface area contributed by atoms with E-state index in [-0.39, 0.29) is 6.10 Å². The molecule has 1 saturated carbocycles. The van der Waals surface area contributed by atoms with Crippen molar-refractivity contribution in [2.24, 2.45) is 0 Å². The number of aliphatic hydroxyl groups is 1. The minimum Gasteiger partial charge on any atom is -0.393 e. The third-order valence-corrected chi connectivity index (χ3v) is 2.93. The van der Waals surface area contributed by atoms with Crippen LogP contribution in [-0.4, -0.2) is 22.2 Å². The lowest BCUT2D eigenvalue weighted by Crippen LogP contribution is -2.39. The quantitative estimate of drug-likeness (QED) is 0.852. The van der Waals surface area contributed by atoms with E-state index in [0.29, 0.717) is 6.04 Å². The van der Waals surface area contributed by atoms with Gasteiger partial charge in [-0.15, -0.1) is 0 Å². The SMILES string of the molecule is Cc1cc(Br)cnc1NC1CC(O)C1. The number of aryl methyl sites for hydroxylation is 1. The molecule has 0 atom stereocenters. The van der Waals surface area contributed by atoms with Crippen molar-refractivity contribution in [3.05, 3.63) is 22.3 Å². The number of anilines is 1. The van der Waals surface area contributed by atoms with Gasteiger partial charge in [0.2, 0.25) is 0 Å². The topological polar surface area (TPSA) is 45.2 Å². The van der Waals surface area contributed by atoms with E-state index in [2.05, 4.69) is 26.2 Å². The minimum atomic E-state index is -0.122. The van der Waals surface area contributed by atoms with E-state index in [9.17, 15) is 0 Å². The van der Waals surface area contributed by atoms with Gasteiger partial charge in [-0.25, -0.2) is 4.98 Å². The van der Waals surface area contributed by atoms with Crippen LogP contribution in [-0.2, 0) is 0 Å². The molecule has 0 spiro atoms. The van der Waals surface area contributed by atoms with Crippen LogP contribution < -0.4 is 5.32 Å². The summed E-state index contributed by atoms with van der Waals surface area (Å²) < 4.78 is 0.995. The third-order valence-electron chi connectivity index (χ3n) is 2.50. The summed E-state index contributed by atoms with van der Waals surface area (Å²) in [5, 5.41) is 12.5. The summed E-state index contributed by atoms with van der Waals surface area (Å²) >= 11 is 3.37. The van der Waals surface area contributed by atoms with Crippen LogP contribution in [0.2, 0.25) is 0 Å². The molecule has 1 aromatic heterocycles. The molecule has 2 rings (SSSR count). The summed E-state index contributed by atoms with van der Waals surface area (Å²) in [7, 11) is 0. The fraction of sp³-hybridized carbons (Fsp3) is 0.500. The summed E-state index contributed by atoms with van der Waals surface area (Å²) in [5.74, 6) is 0.921. The maximum atomic E-state index is 9.14. The Labute approximate surface area is 91.7 Å². The van der Waals surface area contributed by atoms with Gasteiger partial charge in [0.25, 0.3) is 0 Å². The minimum absolute atomic E-state index is 0.122. The molecule has 0 unspecified atom stereocenters. The lowest BCUT2D eigenvalue weighted by molar-refractivity contribution is 0.0835. The van der Waals surface area contributed by atoms with E-state index in [1.54, 1.807) is 6.20 Å². The molecule has 76 valence electrons. The zero-order valence-corrected chi connectivity index (χ0v) is 9.58. The molecule has 0 amide bonds. The molecule has 0 saturated heterocycles. The number of aliphatic hydroxyl groups excluding tert-OH is 1. The standard InChI is InChI=1S/C10H13BrN2O/c1-6-2-7(11)5-12-10(6)13-8-3-9(14)4-8/h2,5,8-9,14H,3-4H2,1H3,(H,12,13). The van der Waals surface area contributed by atoms with Gasteiger partial charge in [-0.3, -0.25) is 0 Å². The largest absolute Gasteiger partial charge is 0.393 e. The van der Waals surface area contributed by atoms with Crippen molar-refractivity contribution in [2.45, 2.75) is 31.9 Å². The van der Waals surface area contributed by atoms with Crippen molar-refractivity contribution in [1.82, 2.24) is 4.98 Å². The lowest BCUT2D eigenvalue weighted by Gasteiger charge is -2.32. The molecule has 0 aromatic carbocycles. The van der Waals surface area contributed by atoms with E-state index < -0.39 is 0 Å². The molecule has 14 heavy (non-hydrogen) atoms. The summed E-state index contributed by atoms with van der Waals surface area (Å²) in [6.07, 6.45) is 3.32. The Balaban J connectivity index is 2.02. The molecule has 0 aliphatic heterocycles. The summed E-state index contributed by atoms with van der Waals surface area (Å²) in [5.41, 5.74) is 1.13. The number of aromatic nitrogens is 1. The maximum absolute atomic E-state index is 9.14. The van der Waals surface area contributed by atoms with Crippen LogP contribution in [0.3, 0.4) is 0 Å². The van der Waals surface area contributed by atoms with E-state index >= 15 is 0 Å². The molecule has 0 bridgehead atoms. The maximum Gasteiger partial charge on any atom is 0.129 e. The summed E-state index contributed by atoms with van der Waals surface area (Å²) in [6, 6.07) is 2.42. The first kappa shape index (κ1) is 9.93. The number of rotatable bonds is 2. The van der Waals surface area contributed by atoms with Gasteiger partial charge in [0.1, 0.15) is 5.82 Å². The fourth-order valence-corrected chi connectivity index (χ4v) is 2.04. The Hall–Kier alpha value is -0.610. The molecule has 0 radical (unpaired) electrons.